The topological polar surface area (TPSA) is 0 Å². The summed E-state index contributed by atoms with van der Waals surface area (Å²) < 4.78 is 12.6. The molecule has 1 heteroatoms. The number of unbranched alkanes of at least 4 members (excludes halogenated alkanes) is 1. The van der Waals surface area contributed by atoms with Gasteiger partial charge in [-0.15, -0.1) is 0 Å². The van der Waals surface area contributed by atoms with Gasteiger partial charge in [0.2, 0.25) is 0 Å². The second-order valence-electron chi connectivity index (χ2n) is 4.18. The molecule has 0 bridgehead atoms. The zero-order valence-electron chi connectivity index (χ0n) is 10.2. The summed E-state index contributed by atoms with van der Waals surface area (Å²) >= 11 is 0. The van der Waals surface area contributed by atoms with Crippen molar-refractivity contribution >= 4 is 6.08 Å². The van der Waals surface area contributed by atoms with Gasteiger partial charge >= 0.3 is 0 Å². The average molecular weight is 219 g/mol. The van der Waals surface area contributed by atoms with Gasteiger partial charge in [-0.05, 0) is 29.5 Å². The van der Waals surface area contributed by atoms with Crippen LogP contribution in [-0.4, -0.2) is 6.67 Å². The minimum absolute atomic E-state index is 0.381. The van der Waals surface area contributed by atoms with Gasteiger partial charge in [0.05, 0.1) is 6.67 Å². The third-order valence-corrected chi connectivity index (χ3v) is 2.76. The predicted molar refractivity (Wildman–Crippen MR) is 69.1 cm³/mol. The molecule has 0 N–H and O–H groups in total. The van der Waals surface area contributed by atoms with Gasteiger partial charge in [-0.3, -0.25) is 4.39 Å². The van der Waals surface area contributed by atoms with Crippen LogP contribution in [0.2, 0.25) is 0 Å². The molecule has 1 radical (unpaired) electrons. The molecule has 1 aromatic rings. The summed E-state index contributed by atoms with van der Waals surface area (Å²) in [5.41, 5.74) is 3.37. The standard InChI is InChI=1S/C15H20F/c1-4-6-7-14-8-13(5-2)9-15(10-14)12(3)11-16/h5,8-10H,2,4,6-7,11H2,1,3H3. The first-order valence-electron chi connectivity index (χ1n) is 5.86. The fraction of sp³-hybridized carbons (Fsp3) is 0.400. The number of benzene rings is 1. The maximum Gasteiger partial charge on any atom is 0.0997 e. The highest BCUT2D eigenvalue weighted by atomic mass is 19.1. The van der Waals surface area contributed by atoms with E-state index >= 15 is 0 Å². The average Bonchev–Trinajstić information content (AvgIpc) is 2.34. The Bertz CT molecular complexity index is 341. The molecule has 87 valence electrons. The number of hydrogen-bond donors (Lipinski definition) is 0. The predicted octanol–water partition coefficient (Wildman–Crippen LogP) is 4.58. The molecule has 0 saturated carbocycles. The highest BCUT2D eigenvalue weighted by molar-refractivity contribution is 5.52. The van der Waals surface area contributed by atoms with Crippen molar-refractivity contribution in [3.8, 4) is 0 Å². The van der Waals surface area contributed by atoms with Crippen LogP contribution in [0.5, 0.6) is 0 Å². The van der Waals surface area contributed by atoms with Crippen LogP contribution in [0.25, 0.3) is 6.08 Å². The molecular weight excluding hydrogens is 199 g/mol. The lowest BCUT2D eigenvalue weighted by Crippen LogP contribution is -1.99. The maximum atomic E-state index is 12.6. The highest BCUT2D eigenvalue weighted by Crippen LogP contribution is 2.20. The van der Waals surface area contributed by atoms with Crippen LogP contribution >= 0.6 is 0 Å². The third-order valence-electron chi connectivity index (χ3n) is 2.76. The molecule has 16 heavy (non-hydrogen) atoms. The number of hydrogen-bond acceptors (Lipinski definition) is 0. The van der Waals surface area contributed by atoms with Gasteiger partial charge in [-0.2, -0.15) is 0 Å². The summed E-state index contributed by atoms with van der Waals surface area (Å²) in [5, 5.41) is 0. The number of aryl methyl sites for hydroxylation is 1. The Morgan fingerprint density at radius 2 is 2.12 bits per heavy atom. The van der Waals surface area contributed by atoms with E-state index in [2.05, 4.69) is 25.6 Å². The molecular formula is C15H20F. The molecule has 0 aromatic heterocycles. The van der Waals surface area contributed by atoms with Crippen LogP contribution in [0.4, 0.5) is 4.39 Å². The molecule has 0 atom stereocenters. The minimum atomic E-state index is -0.381. The van der Waals surface area contributed by atoms with Gasteiger partial charge in [0.25, 0.3) is 0 Å². The first kappa shape index (κ1) is 13.0. The molecule has 0 aliphatic heterocycles. The quantitative estimate of drug-likeness (QED) is 0.656. The number of rotatable bonds is 6. The number of alkyl halides is 1. The molecule has 0 amide bonds. The Kier molecular flexibility index (Phi) is 5.24. The second-order valence-corrected chi connectivity index (χ2v) is 4.18. The first-order chi connectivity index (χ1) is 7.71. The van der Waals surface area contributed by atoms with Crippen molar-refractivity contribution in [3.63, 3.8) is 0 Å². The van der Waals surface area contributed by atoms with E-state index in [1.54, 1.807) is 0 Å². The summed E-state index contributed by atoms with van der Waals surface area (Å²) in [4.78, 5) is 0. The van der Waals surface area contributed by atoms with Crippen LogP contribution in [0.1, 0.15) is 43.4 Å². The van der Waals surface area contributed by atoms with E-state index in [-0.39, 0.29) is 6.67 Å². The number of halogens is 1. The van der Waals surface area contributed by atoms with Crippen LogP contribution < -0.4 is 0 Å². The van der Waals surface area contributed by atoms with Crippen molar-refractivity contribution in [2.24, 2.45) is 0 Å². The molecule has 0 aliphatic rings. The van der Waals surface area contributed by atoms with E-state index in [0.29, 0.717) is 0 Å². The molecule has 0 saturated heterocycles. The van der Waals surface area contributed by atoms with Crippen molar-refractivity contribution < 1.29 is 4.39 Å². The molecule has 0 heterocycles. The van der Waals surface area contributed by atoms with Gasteiger partial charge in [-0.1, -0.05) is 51.1 Å². The van der Waals surface area contributed by atoms with Crippen LogP contribution in [-0.2, 0) is 6.42 Å². The third kappa shape index (κ3) is 3.48. The lowest BCUT2D eigenvalue weighted by molar-refractivity contribution is 0.516. The van der Waals surface area contributed by atoms with Crippen molar-refractivity contribution in [3.05, 3.63) is 47.4 Å². The Morgan fingerprint density at radius 1 is 1.38 bits per heavy atom. The van der Waals surface area contributed by atoms with Crippen molar-refractivity contribution in [2.75, 3.05) is 6.67 Å². The largest absolute Gasteiger partial charge is 0.250 e. The second kappa shape index (κ2) is 6.47. The lowest BCUT2D eigenvalue weighted by atomic mass is 9.95. The summed E-state index contributed by atoms with van der Waals surface area (Å²) in [5.74, 6) is 0.793. The Balaban J connectivity index is 2.95. The zero-order valence-corrected chi connectivity index (χ0v) is 10.2. The summed E-state index contributed by atoms with van der Waals surface area (Å²) in [6.45, 7) is 7.41. The fourth-order valence-electron chi connectivity index (χ4n) is 1.69. The van der Waals surface area contributed by atoms with Gasteiger partial charge < -0.3 is 0 Å². The SMILES string of the molecule is C=Cc1cc(CCCC)cc([C](C)CF)c1. The molecule has 1 rings (SSSR count). The molecule has 0 unspecified atom stereocenters. The van der Waals surface area contributed by atoms with Crippen molar-refractivity contribution in [1.82, 2.24) is 0 Å². The van der Waals surface area contributed by atoms with Gasteiger partial charge in [0, 0.05) is 5.92 Å². The zero-order chi connectivity index (χ0) is 12.0. The minimum Gasteiger partial charge on any atom is -0.250 e. The summed E-state index contributed by atoms with van der Waals surface area (Å²) in [6.07, 6.45) is 5.24. The molecule has 0 aliphatic carbocycles. The van der Waals surface area contributed by atoms with E-state index in [4.69, 9.17) is 0 Å². The van der Waals surface area contributed by atoms with E-state index in [9.17, 15) is 4.39 Å². The van der Waals surface area contributed by atoms with Crippen LogP contribution in [0.15, 0.2) is 24.8 Å². The van der Waals surface area contributed by atoms with E-state index < -0.39 is 0 Å². The molecule has 0 nitrogen and oxygen atoms in total. The summed E-state index contributed by atoms with van der Waals surface area (Å²) in [6, 6.07) is 6.23. The van der Waals surface area contributed by atoms with Gasteiger partial charge in [0.15, 0.2) is 0 Å². The molecule has 0 spiro atoms. The van der Waals surface area contributed by atoms with E-state index in [0.717, 1.165) is 23.5 Å². The fourth-order valence-corrected chi connectivity index (χ4v) is 1.69. The van der Waals surface area contributed by atoms with E-state index in [1.165, 1.54) is 18.4 Å². The normalized spacial score (nSPS) is 10.8. The van der Waals surface area contributed by atoms with Crippen molar-refractivity contribution in [2.45, 2.75) is 33.1 Å². The molecule has 0 fully saturated rings. The lowest BCUT2D eigenvalue weighted by Gasteiger charge is -2.11. The van der Waals surface area contributed by atoms with Gasteiger partial charge in [-0.25, -0.2) is 0 Å². The summed E-state index contributed by atoms with van der Waals surface area (Å²) in [7, 11) is 0. The molecule has 1 aromatic carbocycles. The monoisotopic (exact) mass is 219 g/mol. The maximum absolute atomic E-state index is 12.6. The highest BCUT2D eigenvalue weighted by Gasteiger charge is 2.07. The van der Waals surface area contributed by atoms with E-state index in [1.807, 2.05) is 19.1 Å². The Morgan fingerprint density at radius 3 is 2.69 bits per heavy atom. The van der Waals surface area contributed by atoms with Crippen LogP contribution in [0, 0.1) is 5.92 Å². The van der Waals surface area contributed by atoms with Gasteiger partial charge in [0.1, 0.15) is 0 Å². The Labute approximate surface area is 98.2 Å². The van der Waals surface area contributed by atoms with Crippen LogP contribution in [0.3, 0.4) is 0 Å². The van der Waals surface area contributed by atoms with Crippen molar-refractivity contribution in [1.29, 1.82) is 0 Å². The first-order valence-corrected chi connectivity index (χ1v) is 5.86. The smallest absolute Gasteiger partial charge is 0.0997 e. The Hall–Kier alpha value is -1.11.